The van der Waals surface area contributed by atoms with E-state index in [-0.39, 0.29) is 0 Å². The van der Waals surface area contributed by atoms with Gasteiger partial charge in [-0.25, -0.2) is 0 Å². The van der Waals surface area contributed by atoms with Gasteiger partial charge in [0.15, 0.2) is 0 Å². The molecule has 0 amide bonds. The smallest absolute Gasteiger partial charge is 0.119 e. The lowest BCUT2D eigenvalue weighted by atomic mass is 10.2. The van der Waals surface area contributed by atoms with Crippen LogP contribution in [-0.2, 0) is 4.74 Å². The van der Waals surface area contributed by atoms with Gasteiger partial charge in [0.05, 0.1) is 6.61 Å². The van der Waals surface area contributed by atoms with E-state index in [4.69, 9.17) is 9.47 Å². The molecule has 0 spiro atoms. The maximum absolute atomic E-state index is 5.49. The molecule has 0 aliphatic carbocycles. The molecule has 0 aliphatic heterocycles. The van der Waals surface area contributed by atoms with Crippen molar-refractivity contribution >= 4 is 6.08 Å². The summed E-state index contributed by atoms with van der Waals surface area (Å²) < 4.78 is 10.4. The first-order chi connectivity index (χ1) is 6.86. The normalized spacial score (nSPS) is 9.79. The van der Waals surface area contributed by atoms with Gasteiger partial charge in [0.1, 0.15) is 5.75 Å². The van der Waals surface area contributed by atoms with Gasteiger partial charge in [-0.2, -0.15) is 0 Å². The van der Waals surface area contributed by atoms with Crippen molar-refractivity contribution in [2.75, 3.05) is 20.3 Å². The third-order valence-corrected chi connectivity index (χ3v) is 1.88. The van der Waals surface area contributed by atoms with Crippen LogP contribution in [0.5, 0.6) is 5.75 Å². The zero-order valence-electron chi connectivity index (χ0n) is 8.53. The van der Waals surface area contributed by atoms with Gasteiger partial charge in [-0.1, -0.05) is 24.8 Å². The molecule has 0 saturated carbocycles. The Hall–Kier alpha value is -1.28. The van der Waals surface area contributed by atoms with Crippen LogP contribution in [0.1, 0.15) is 12.0 Å². The molecule has 0 heterocycles. The Kier molecular flexibility index (Phi) is 4.79. The second-order valence-electron chi connectivity index (χ2n) is 2.97. The Bertz CT molecular complexity index is 264. The Labute approximate surface area is 85.2 Å². The molecule has 0 fully saturated rings. The predicted molar refractivity (Wildman–Crippen MR) is 58.5 cm³/mol. The van der Waals surface area contributed by atoms with E-state index in [1.807, 2.05) is 30.3 Å². The SMILES string of the molecule is C=Cc1ccc(OCCCOC)cc1. The number of hydrogen-bond acceptors (Lipinski definition) is 2. The van der Waals surface area contributed by atoms with Crippen molar-refractivity contribution in [2.45, 2.75) is 6.42 Å². The van der Waals surface area contributed by atoms with E-state index in [0.29, 0.717) is 6.61 Å². The highest BCUT2D eigenvalue weighted by molar-refractivity contribution is 5.48. The molecule has 0 saturated heterocycles. The van der Waals surface area contributed by atoms with Crippen LogP contribution in [0, 0.1) is 0 Å². The fourth-order valence-electron chi connectivity index (χ4n) is 1.09. The number of hydrogen-bond donors (Lipinski definition) is 0. The van der Waals surface area contributed by atoms with Crippen LogP contribution in [0.3, 0.4) is 0 Å². The Morgan fingerprint density at radius 3 is 2.50 bits per heavy atom. The molecule has 1 rings (SSSR count). The standard InChI is InChI=1S/C12H16O2/c1-3-11-5-7-12(8-6-11)14-10-4-9-13-2/h3,5-8H,1,4,9-10H2,2H3. The van der Waals surface area contributed by atoms with Crippen LogP contribution in [0.4, 0.5) is 0 Å². The van der Waals surface area contributed by atoms with Gasteiger partial charge in [-0.05, 0) is 17.7 Å². The topological polar surface area (TPSA) is 18.5 Å². The first-order valence-corrected chi connectivity index (χ1v) is 4.71. The lowest BCUT2D eigenvalue weighted by Gasteiger charge is -2.05. The van der Waals surface area contributed by atoms with E-state index in [1.54, 1.807) is 7.11 Å². The molecular formula is C12H16O2. The highest BCUT2D eigenvalue weighted by Crippen LogP contribution is 2.12. The first kappa shape index (κ1) is 10.8. The quantitative estimate of drug-likeness (QED) is 0.645. The van der Waals surface area contributed by atoms with Crippen LogP contribution in [0.15, 0.2) is 30.8 Å². The van der Waals surface area contributed by atoms with Crippen LogP contribution >= 0.6 is 0 Å². The second-order valence-corrected chi connectivity index (χ2v) is 2.97. The van der Waals surface area contributed by atoms with E-state index in [1.165, 1.54) is 0 Å². The molecule has 14 heavy (non-hydrogen) atoms. The van der Waals surface area contributed by atoms with Crippen molar-refractivity contribution in [3.05, 3.63) is 36.4 Å². The third kappa shape index (κ3) is 3.62. The highest BCUT2D eigenvalue weighted by atomic mass is 16.5. The lowest BCUT2D eigenvalue weighted by Crippen LogP contribution is -2.00. The van der Waals surface area contributed by atoms with Crippen molar-refractivity contribution < 1.29 is 9.47 Å². The van der Waals surface area contributed by atoms with Crippen molar-refractivity contribution in [1.82, 2.24) is 0 Å². The number of benzene rings is 1. The van der Waals surface area contributed by atoms with Gasteiger partial charge in [0.25, 0.3) is 0 Å². The summed E-state index contributed by atoms with van der Waals surface area (Å²) in [6, 6.07) is 7.87. The maximum atomic E-state index is 5.49. The molecule has 1 aromatic carbocycles. The minimum atomic E-state index is 0.696. The molecule has 0 aliphatic rings. The average molecular weight is 192 g/mol. The van der Waals surface area contributed by atoms with Crippen LogP contribution in [0.2, 0.25) is 0 Å². The fourth-order valence-corrected chi connectivity index (χ4v) is 1.09. The lowest BCUT2D eigenvalue weighted by molar-refractivity contribution is 0.172. The molecule has 0 radical (unpaired) electrons. The summed E-state index contributed by atoms with van der Waals surface area (Å²) in [6.45, 7) is 5.13. The van der Waals surface area contributed by atoms with Gasteiger partial charge < -0.3 is 9.47 Å². The summed E-state index contributed by atoms with van der Waals surface area (Å²) in [5, 5.41) is 0. The summed E-state index contributed by atoms with van der Waals surface area (Å²) in [5.41, 5.74) is 1.11. The number of methoxy groups -OCH3 is 1. The van der Waals surface area contributed by atoms with Gasteiger partial charge in [-0.15, -0.1) is 0 Å². The largest absolute Gasteiger partial charge is 0.494 e. The first-order valence-electron chi connectivity index (χ1n) is 4.71. The van der Waals surface area contributed by atoms with Gasteiger partial charge in [-0.3, -0.25) is 0 Å². The van der Waals surface area contributed by atoms with Crippen LogP contribution in [0.25, 0.3) is 6.08 Å². The minimum Gasteiger partial charge on any atom is -0.494 e. The number of ether oxygens (including phenoxy) is 2. The summed E-state index contributed by atoms with van der Waals surface area (Å²) >= 11 is 0. The van der Waals surface area contributed by atoms with E-state index in [0.717, 1.165) is 24.3 Å². The molecule has 0 aromatic heterocycles. The molecule has 0 N–H and O–H groups in total. The van der Waals surface area contributed by atoms with Gasteiger partial charge in [0, 0.05) is 20.1 Å². The van der Waals surface area contributed by atoms with Crippen molar-refractivity contribution in [3.8, 4) is 5.75 Å². The van der Waals surface area contributed by atoms with Crippen LogP contribution in [-0.4, -0.2) is 20.3 Å². The van der Waals surface area contributed by atoms with E-state index in [9.17, 15) is 0 Å². The molecule has 2 nitrogen and oxygen atoms in total. The number of rotatable bonds is 6. The zero-order chi connectivity index (χ0) is 10.2. The van der Waals surface area contributed by atoms with Crippen LogP contribution < -0.4 is 4.74 Å². The molecule has 2 heteroatoms. The van der Waals surface area contributed by atoms with E-state index in [2.05, 4.69) is 6.58 Å². The Morgan fingerprint density at radius 2 is 1.93 bits per heavy atom. The summed E-state index contributed by atoms with van der Waals surface area (Å²) in [5.74, 6) is 0.895. The monoisotopic (exact) mass is 192 g/mol. The molecule has 76 valence electrons. The molecular weight excluding hydrogens is 176 g/mol. The van der Waals surface area contributed by atoms with Crippen molar-refractivity contribution in [2.24, 2.45) is 0 Å². The summed E-state index contributed by atoms with van der Waals surface area (Å²) in [4.78, 5) is 0. The second kappa shape index (κ2) is 6.22. The summed E-state index contributed by atoms with van der Waals surface area (Å²) in [6.07, 6.45) is 2.73. The van der Waals surface area contributed by atoms with Gasteiger partial charge >= 0.3 is 0 Å². The van der Waals surface area contributed by atoms with Crippen molar-refractivity contribution in [3.63, 3.8) is 0 Å². The average Bonchev–Trinajstić information content (AvgIpc) is 2.25. The molecule has 1 aromatic rings. The highest BCUT2D eigenvalue weighted by Gasteiger charge is 1.92. The Balaban J connectivity index is 2.32. The molecule has 0 unspecified atom stereocenters. The van der Waals surface area contributed by atoms with Gasteiger partial charge in [0.2, 0.25) is 0 Å². The fraction of sp³-hybridized carbons (Fsp3) is 0.333. The Morgan fingerprint density at radius 1 is 1.21 bits per heavy atom. The predicted octanol–water partition coefficient (Wildman–Crippen LogP) is 2.74. The minimum absolute atomic E-state index is 0.696. The third-order valence-electron chi connectivity index (χ3n) is 1.88. The van der Waals surface area contributed by atoms with Crippen molar-refractivity contribution in [1.29, 1.82) is 0 Å². The molecule has 0 bridgehead atoms. The van der Waals surface area contributed by atoms with E-state index >= 15 is 0 Å². The zero-order valence-corrected chi connectivity index (χ0v) is 8.53. The summed E-state index contributed by atoms with van der Waals surface area (Å²) in [7, 11) is 1.69. The molecule has 0 atom stereocenters. The van der Waals surface area contributed by atoms with E-state index < -0.39 is 0 Å². The maximum Gasteiger partial charge on any atom is 0.119 e.